The van der Waals surface area contributed by atoms with Gasteiger partial charge in [-0.25, -0.2) is 0 Å². The fraction of sp³-hybridized carbons (Fsp3) is 0.769. The van der Waals surface area contributed by atoms with E-state index in [0.29, 0.717) is 6.04 Å². The zero-order chi connectivity index (χ0) is 12.7. The molecule has 2 atom stereocenters. The molecule has 2 aliphatic rings. The van der Waals surface area contributed by atoms with Gasteiger partial charge >= 0.3 is 0 Å². The van der Waals surface area contributed by atoms with E-state index in [1.807, 2.05) is 18.7 Å². The summed E-state index contributed by atoms with van der Waals surface area (Å²) in [5.41, 5.74) is 2.02. The molecule has 18 heavy (non-hydrogen) atoms. The Bertz CT molecular complexity index is 442. The third-order valence-electron chi connectivity index (χ3n) is 4.40. The molecule has 0 amide bonds. The van der Waals surface area contributed by atoms with Crippen molar-refractivity contribution in [2.45, 2.75) is 44.8 Å². The van der Waals surface area contributed by atoms with Crippen LogP contribution in [0.15, 0.2) is 0 Å². The van der Waals surface area contributed by atoms with Gasteiger partial charge in [-0.3, -0.25) is 9.58 Å². The highest BCUT2D eigenvalue weighted by Gasteiger charge is 2.36. The minimum Gasteiger partial charge on any atom is -0.307 e. The van der Waals surface area contributed by atoms with Crippen molar-refractivity contribution in [3.05, 3.63) is 16.4 Å². The number of aryl methyl sites for hydroxylation is 2. The molecule has 0 spiro atoms. The highest BCUT2D eigenvalue weighted by atomic mass is 35.5. The van der Waals surface area contributed by atoms with Crippen molar-refractivity contribution in [2.24, 2.45) is 7.05 Å². The van der Waals surface area contributed by atoms with E-state index in [4.69, 9.17) is 11.6 Å². The van der Waals surface area contributed by atoms with Crippen molar-refractivity contribution >= 4 is 11.6 Å². The molecule has 5 heteroatoms. The molecule has 2 fully saturated rings. The SMILES string of the molecule is Cc1nn(C)c(CNC2CCN3CCCC23)c1Cl. The van der Waals surface area contributed by atoms with E-state index in [1.165, 1.54) is 32.4 Å². The van der Waals surface area contributed by atoms with E-state index in [0.717, 1.165) is 29.0 Å². The average molecular weight is 269 g/mol. The number of fused-ring (bicyclic) bond motifs is 1. The highest BCUT2D eigenvalue weighted by Crippen LogP contribution is 2.28. The van der Waals surface area contributed by atoms with Crippen molar-refractivity contribution in [1.82, 2.24) is 20.0 Å². The summed E-state index contributed by atoms with van der Waals surface area (Å²) in [6.45, 7) is 5.32. The first-order valence-corrected chi connectivity index (χ1v) is 7.20. The minimum atomic E-state index is 0.624. The molecule has 3 rings (SSSR count). The van der Waals surface area contributed by atoms with E-state index in [-0.39, 0.29) is 0 Å². The number of nitrogens with one attached hydrogen (secondary N) is 1. The first kappa shape index (κ1) is 12.5. The van der Waals surface area contributed by atoms with Gasteiger partial charge in [0.2, 0.25) is 0 Å². The van der Waals surface area contributed by atoms with Gasteiger partial charge in [-0.2, -0.15) is 5.10 Å². The van der Waals surface area contributed by atoms with Crippen molar-refractivity contribution in [3.8, 4) is 0 Å². The third kappa shape index (κ3) is 2.06. The summed E-state index contributed by atoms with van der Waals surface area (Å²) in [5.74, 6) is 0. The molecule has 1 aromatic heterocycles. The minimum absolute atomic E-state index is 0.624. The maximum atomic E-state index is 6.28. The Morgan fingerprint density at radius 3 is 2.94 bits per heavy atom. The fourth-order valence-electron chi connectivity index (χ4n) is 3.42. The predicted molar refractivity (Wildman–Crippen MR) is 72.8 cm³/mol. The first-order valence-electron chi connectivity index (χ1n) is 6.82. The standard InChI is InChI=1S/C13H21ClN4/c1-9-13(14)12(17(2)16-9)8-15-10-5-7-18-6-3-4-11(10)18/h10-11,15H,3-8H2,1-2H3. The molecule has 100 valence electrons. The van der Waals surface area contributed by atoms with Crippen LogP contribution < -0.4 is 5.32 Å². The van der Waals surface area contributed by atoms with Crippen molar-refractivity contribution < 1.29 is 0 Å². The number of hydrogen-bond acceptors (Lipinski definition) is 3. The van der Waals surface area contributed by atoms with Crippen LogP contribution in [0.4, 0.5) is 0 Å². The van der Waals surface area contributed by atoms with Crippen molar-refractivity contribution in [3.63, 3.8) is 0 Å². The van der Waals surface area contributed by atoms with Gasteiger partial charge in [0.05, 0.1) is 16.4 Å². The van der Waals surface area contributed by atoms with Gasteiger partial charge in [-0.05, 0) is 32.7 Å². The number of rotatable bonds is 3. The van der Waals surface area contributed by atoms with Gasteiger partial charge in [-0.15, -0.1) is 0 Å². The van der Waals surface area contributed by atoms with Crippen LogP contribution in [-0.4, -0.2) is 39.9 Å². The van der Waals surface area contributed by atoms with Gasteiger partial charge in [0.1, 0.15) is 0 Å². The normalized spacial score (nSPS) is 27.9. The molecule has 0 saturated carbocycles. The molecule has 2 aliphatic heterocycles. The van der Waals surface area contributed by atoms with Gasteiger partial charge in [0, 0.05) is 32.2 Å². The van der Waals surface area contributed by atoms with Crippen LogP contribution >= 0.6 is 11.6 Å². The molecule has 0 bridgehead atoms. The van der Waals surface area contributed by atoms with Gasteiger partial charge in [0.25, 0.3) is 0 Å². The number of halogens is 1. The molecule has 3 heterocycles. The second kappa shape index (κ2) is 4.83. The predicted octanol–water partition coefficient (Wildman–Crippen LogP) is 1.71. The van der Waals surface area contributed by atoms with Crippen LogP contribution in [-0.2, 0) is 13.6 Å². The lowest BCUT2D eigenvalue weighted by Crippen LogP contribution is -2.39. The smallest absolute Gasteiger partial charge is 0.0860 e. The molecular weight excluding hydrogens is 248 g/mol. The highest BCUT2D eigenvalue weighted by molar-refractivity contribution is 6.31. The maximum absolute atomic E-state index is 6.28. The molecule has 0 radical (unpaired) electrons. The lowest BCUT2D eigenvalue weighted by Gasteiger charge is -2.21. The van der Waals surface area contributed by atoms with Crippen LogP contribution in [0.5, 0.6) is 0 Å². The monoisotopic (exact) mass is 268 g/mol. The second-order valence-corrected chi connectivity index (χ2v) is 5.87. The van der Waals surface area contributed by atoms with E-state index >= 15 is 0 Å². The molecule has 1 N–H and O–H groups in total. The summed E-state index contributed by atoms with van der Waals surface area (Å²) in [6.07, 6.45) is 3.96. The Kier molecular flexibility index (Phi) is 3.34. The zero-order valence-corrected chi connectivity index (χ0v) is 11.9. The maximum Gasteiger partial charge on any atom is 0.0860 e. The molecule has 2 unspecified atom stereocenters. The lowest BCUT2D eigenvalue weighted by atomic mass is 10.1. The molecule has 1 aromatic rings. The van der Waals surface area contributed by atoms with Gasteiger partial charge in [0.15, 0.2) is 0 Å². The summed E-state index contributed by atoms with van der Waals surface area (Å²) < 4.78 is 1.89. The van der Waals surface area contributed by atoms with Crippen LogP contribution in [0.2, 0.25) is 5.02 Å². The van der Waals surface area contributed by atoms with Crippen LogP contribution in [0, 0.1) is 6.92 Å². The average Bonchev–Trinajstić information content (AvgIpc) is 2.97. The molecule has 0 aliphatic carbocycles. The van der Waals surface area contributed by atoms with Crippen LogP contribution in [0.25, 0.3) is 0 Å². The Morgan fingerprint density at radius 1 is 1.39 bits per heavy atom. The summed E-state index contributed by atoms with van der Waals surface area (Å²) in [7, 11) is 1.96. The Hall–Kier alpha value is -0.580. The molecular formula is C13H21ClN4. The van der Waals surface area contributed by atoms with E-state index in [1.54, 1.807) is 0 Å². The molecule has 0 aromatic carbocycles. The lowest BCUT2D eigenvalue weighted by molar-refractivity contribution is 0.298. The summed E-state index contributed by atoms with van der Waals surface area (Å²) in [4.78, 5) is 2.62. The summed E-state index contributed by atoms with van der Waals surface area (Å²) in [5, 5.41) is 8.85. The van der Waals surface area contributed by atoms with E-state index in [9.17, 15) is 0 Å². The first-order chi connectivity index (χ1) is 8.66. The van der Waals surface area contributed by atoms with Crippen molar-refractivity contribution in [1.29, 1.82) is 0 Å². The van der Waals surface area contributed by atoms with Crippen LogP contribution in [0.3, 0.4) is 0 Å². The zero-order valence-electron chi connectivity index (χ0n) is 11.1. The summed E-state index contributed by atoms with van der Waals surface area (Å²) in [6, 6.07) is 1.37. The van der Waals surface area contributed by atoms with Gasteiger partial charge in [-0.1, -0.05) is 11.6 Å². The number of hydrogen-bond donors (Lipinski definition) is 1. The van der Waals surface area contributed by atoms with E-state index in [2.05, 4.69) is 15.3 Å². The Balaban J connectivity index is 1.64. The summed E-state index contributed by atoms with van der Waals surface area (Å²) >= 11 is 6.28. The second-order valence-electron chi connectivity index (χ2n) is 5.49. The largest absolute Gasteiger partial charge is 0.307 e. The topological polar surface area (TPSA) is 33.1 Å². The number of nitrogens with zero attached hydrogens (tertiary/aromatic N) is 3. The van der Waals surface area contributed by atoms with Gasteiger partial charge < -0.3 is 5.32 Å². The van der Waals surface area contributed by atoms with Crippen molar-refractivity contribution in [2.75, 3.05) is 13.1 Å². The number of aromatic nitrogens is 2. The fourth-order valence-corrected chi connectivity index (χ4v) is 3.65. The molecule has 2 saturated heterocycles. The molecule has 4 nitrogen and oxygen atoms in total. The quantitative estimate of drug-likeness (QED) is 0.906. The van der Waals surface area contributed by atoms with Crippen LogP contribution in [0.1, 0.15) is 30.7 Å². The van der Waals surface area contributed by atoms with E-state index < -0.39 is 0 Å². The third-order valence-corrected chi connectivity index (χ3v) is 4.89. The Morgan fingerprint density at radius 2 is 2.22 bits per heavy atom. The Labute approximate surface area is 113 Å².